The van der Waals surface area contributed by atoms with E-state index >= 15 is 0 Å². The van der Waals surface area contributed by atoms with Gasteiger partial charge in [0.2, 0.25) is 0 Å². The monoisotopic (exact) mass is 390 g/mol. The highest BCUT2D eigenvalue weighted by molar-refractivity contribution is 7.00. The van der Waals surface area contributed by atoms with E-state index in [1.54, 1.807) is 0 Å². The summed E-state index contributed by atoms with van der Waals surface area (Å²) in [5.74, 6) is 0. The molecule has 0 radical (unpaired) electrons. The van der Waals surface area contributed by atoms with Crippen LogP contribution in [-0.4, -0.2) is 17.5 Å². The quantitative estimate of drug-likeness (QED) is 0.450. The highest BCUT2D eigenvalue weighted by Gasteiger charge is 2.10. The first-order valence-corrected chi connectivity index (χ1v) is 9.11. The van der Waals surface area contributed by atoms with E-state index in [2.05, 4.69) is 17.5 Å². The van der Waals surface area contributed by atoms with Gasteiger partial charge in [-0.15, -0.1) is 0 Å². The lowest BCUT2D eigenvalue weighted by molar-refractivity contribution is 1.48. The Morgan fingerprint density at radius 3 is 1.12 bits per heavy atom. The maximum atomic E-state index is 6.03. The van der Waals surface area contributed by atoms with Crippen LogP contribution < -0.4 is 0 Å². The normalized spacial score (nSPS) is 10.9. The van der Waals surface area contributed by atoms with Gasteiger partial charge < -0.3 is 0 Å². The zero-order chi connectivity index (χ0) is 16.5. The second kappa shape index (κ2) is 6.57. The molecule has 118 valence electrons. The molecule has 2 aromatic carbocycles. The Morgan fingerprint density at radius 1 is 0.500 bits per heavy atom. The first-order chi connectivity index (χ1) is 11.7. The van der Waals surface area contributed by atoms with Crippen molar-refractivity contribution in [1.29, 1.82) is 0 Å². The molecule has 0 atom stereocenters. The number of rotatable bonds is 3. The third-order valence-corrected chi connectivity index (χ3v) is 5.33. The second-order valence-electron chi connectivity index (χ2n) is 4.96. The molecule has 4 nitrogen and oxygen atoms in total. The lowest BCUT2D eigenvalue weighted by Gasteiger charge is -2.05. The Labute approximate surface area is 156 Å². The molecule has 24 heavy (non-hydrogen) atoms. The summed E-state index contributed by atoms with van der Waals surface area (Å²) < 4.78 is 16.4. The zero-order valence-corrected chi connectivity index (χ0v) is 15.1. The van der Waals surface area contributed by atoms with E-state index in [0.717, 1.165) is 45.7 Å². The first kappa shape index (κ1) is 15.7. The summed E-state index contributed by atoms with van der Waals surface area (Å²) >= 11 is 14.3. The zero-order valence-electron chi connectivity index (χ0n) is 12.0. The van der Waals surface area contributed by atoms with Crippen molar-refractivity contribution in [3.8, 4) is 33.6 Å². The van der Waals surface area contributed by atoms with Crippen molar-refractivity contribution in [3.63, 3.8) is 0 Å². The van der Waals surface area contributed by atoms with Crippen molar-refractivity contribution < 1.29 is 0 Å². The highest BCUT2D eigenvalue weighted by Crippen LogP contribution is 2.30. The van der Waals surface area contributed by atoms with Crippen LogP contribution in [0.15, 0.2) is 48.5 Å². The maximum Gasteiger partial charge on any atom is 0.170 e. The number of hydrogen-bond donors (Lipinski definition) is 0. The average Bonchev–Trinajstić information content (AvgIpc) is 3.23. The summed E-state index contributed by atoms with van der Waals surface area (Å²) in [5, 5.41) is 0.872. The fourth-order valence-electron chi connectivity index (χ4n) is 2.34. The van der Waals surface area contributed by atoms with Crippen LogP contribution in [0, 0.1) is 0 Å². The van der Waals surface area contributed by atoms with Gasteiger partial charge in [-0.05, 0) is 11.1 Å². The third-order valence-electron chi connectivity index (χ3n) is 3.55. The SMILES string of the molecule is Clc1nsnc1-c1ccc(-c2ccc(-c3nsnc3Cl)cc2)cc1. The lowest BCUT2D eigenvalue weighted by Crippen LogP contribution is -1.83. The number of hydrogen-bond acceptors (Lipinski definition) is 6. The van der Waals surface area contributed by atoms with Crippen LogP contribution in [0.25, 0.3) is 33.6 Å². The highest BCUT2D eigenvalue weighted by atomic mass is 35.5. The molecule has 0 bridgehead atoms. The molecule has 0 aliphatic carbocycles. The van der Waals surface area contributed by atoms with Crippen LogP contribution in [0.3, 0.4) is 0 Å². The molecule has 2 heterocycles. The largest absolute Gasteiger partial charge is 0.171 e. The minimum Gasteiger partial charge on any atom is -0.171 e. The Hall–Kier alpha value is -1.86. The van der Waals surface area contributed by atoms with Crippen LogP contribution in [0.1, 0.15) is 0 Å². The minimum absolute atomic E-state index is 0.436. The Bertz CT molecular complexity index is 896. The predicted molar refractivity (Wildman–Crippen MR) is 99.7 cm³/mol. The smallest absolute Gasteiger partial charge is 0.170 e. The van der Waals surface area contributed by atoms with Gasteiger partial charge in [-0.1, -0.05) is 71.7 Å². The predicted octanol–water partition coefficient (Wildman–Crippen LogP) is 5.70. The number of benzene rings is 2. The van der Waals surface area contributed by atoms with Gasteiger partial charge >= 0.3 is 0 Å². The summed E-state index contributed by atoms with van der Waals surface area (Å²) in [6.45, 7) is 0. The molecule has 4 rings (SSSR count). The number of halogens is 2. The van der Waals surface area contributed by atoms with Crippen molar-refractivity contribution in [2.24, 2.45) is 0 Å². The second-order valence-corrected chi connectivity index (χ2v) is 6.73. The van der Waals surface area contributed by atoms with Gasteiger partial charge in [0.1, 0.15) is 11.4 Å². The average molecular weight is 391 g/mol. The molecule has 0 unspecified atom stereocenters. The van der Waals surface area contributed by atoms with E-state index < -0.39 is 0 Å². The van der Waals surface area contributed by atoms with Crippen LogP contribution >= 0.6 is 46.7 Å². The molecule has 0 aliphatic rings. The molecule has 8 heteroatoms. The van der Waals surface area contributed by atoms with E-state index in [9.17, 15) is 0 Å². The Kier molecular flexibility index (Phi) is 4.28. The molecule has 4 aromatic rings. The van der Waals surface area contributed by atoms with Crippen LogP contribution in [0.5, 0.6) is 0 Å². The molecule has 0 N–H and O–H groups in total. The molecular formula is C16H8Cl2N4S2. The van der Waals surface area contributed by atoms with E-state index in [-0.39, 0.29) is 0 Å². The van der Waals surface area contributed by atoms with Gasteiger partial charge in [-0.2, -0.15) is 17.5 Å². The Balaban J connectivity index is 1.62. The molecule has 0 fully saturated rings. The molecule has 2 aromatic heterocycles. The van der Waals surface area contributed by atoms with Crippen molar-refractivity contribution in [1.82, 2.24) is 17.5 Å². The first-order valence-electron chi connectivity index (χ1n) is 6.90. The van der Waals surface area contributed by atoms with Crippen LogP contribution in [0.2, 0.25) is 10.3 Å². The third kappa shape index (κ3) is 2.93. The van der Waals surface area contributed by atoms with Gasteiger partial charge in [-0.25, -0.2) is 0 Å². The summed E-state index contributed by atoms with van der Waals surface area (Å²) in [4.78, 5) is 0. The molecule has 0 saturated carbocycles. The topological polar surface area (TPSA) is 51.6 Å². The lowest BCUT2D eigenvalue weighted by atomic mass is 10.0. The van der Waals surface area contributed by atoms with Gasteiger partial charge in [-0.3, -0.25) is 0 Å². The molecule has 0 amide bonds. The van der Waals surface area contributed by atoms with E-state index in [1.165, 1.54) is 0 Å². The summed E-state index contributed by atoms with van der Waals surface area (Å²) in [5.41, 5.74) is 5.55. The maximum absolute atomic E-state index is 6.03. The molecule has 0 saturated heterocycles. The van der Waals surface area contributed by atoms with Gasteiger partial charge in [0.15, 0.2) is 10.3 Å². The van der Waals surface area contributed by atoms with E-state index in [1.807, 2.05) is 48.5 Å². The van der Waals surface area contributed by atoms with Crippen molar-refractivity contribution in [2.45, 2.75) is 0 Å². The summed E-state index contributed by atoms with van der Waals surface area (Å²) in [6, 6.07) is 16.1. The summed E-state index contributed by atoms with van der Waals surface area (Å²) in [6.07, 6.45) is 0. The van der Waals surface area contributed by atoms with Crippen molar-refractivity contribution in [3.05, 3.63) is 58.8 Å². The van der Waals surface area contributed by atoms with Gasteiger partial charge in [0.25, 0.3) is 0 Å². The fourth-order valence-corrected chi connectivity index (χ4v) is 3.87. The molecule has 0 aliphatic heterocycles. The van der Waals surface area contributed by atoms with Crippen molar-refractivity contribution in [2.75, 3.05) is 0 Å². The van der Waals surface area contributed by atoms with E-state index in [0.29, 0.717) is 21.7 Å². The van der Waals surface area contributed by atoms with Crippen LogP contribution in [-0.2, 0) is 0 Å². The van der Waals surface area contributed by atoms with E-state index in [4.69, 9.17) is 23.2 Å². The van der Waals surface area contributed by atoms with Gasteiger partial charge in [0.05, 0.1) is 23.5 Å². The standard InChI is InChI=1S/C16H8Cl2N4S2/c17-15-13(19-23-21-15)11-5-1-9(2-6-11)10-3-7-12(8-4-10)14-16(18)22-24-20-14/h1-8H. The molecular weight excluding hydrogens is 383 g/mol. The summed E-state index contributed by atoms with van der Waals surface area (Å²) in [7, 11) is 0. The Morgan fingerprint density at radius 2 is 0.833 bits per heavy atom. The number of aromatic nitrogens is 4. The molecule has 0 spiro atoms. The fraction of sp³-hybridized carbons (Fsp3) is 0. The van der Waals surface area contributed by atoms with Crippen molar-refractivity contribution >= 4 is 46.7 Å². The van der Waals surface area contributed by atoms with Crippen LogP contribution in [0.4, 0.5) is 0 Å². The minimum atomic E-state index is 0.436. The van der Waals surface area contributed by atoms with Gasteiger partial charge in [0, 0.05) is 11.1 Å². The number of nitrogens with zero attached hydrogens (tertiary/aromatic N) is 4.